The number of rotatable bonds is 3. The molecule has 0 unspecified atom stereocenters. The predicted octanol–water partition coefficient (Wildman–Crippen LogP) is 2.99. The molecule has 8 heteroatoms. The zero-order valence-electron chi connectivity index (χ0n) is 14.7. The zero-order valence-corrected chi connectivity index (χ0v) is 16.3. The predicted molar refractivity (Wildman–Crippen MR) is 96.5 cm³/mol. The van der Waals surface area contributed by atoms with Crippen LogP contribution in [-0.4, -0.2) is 35.0 Å². The summed E-state index contributed by atoms with van der Waals surface area (Å²) < 4.78 is 49.2. The Morgan fingerprint density at radius 2 is 1.76 bits per heavy atom. The van der Waals surface area contributed by atoms with E-state index in [2.05, 4.69) is 0 Å². The molecule has 3 atom stereocenters. The third-order valence-corrected chi connectivity index (χ3v) is 7.79. The maximum Gasteiger partial charge on any atom is 0.265 e. The molecule has 2 N–H and O–H groups in total. The number of hydrogen-bond acceptors (Lipinski definition) is 5. The van der Waals surface area contributed by atoms with Crippen molar-refractivity contribution in [3.63, 3.8) is 0 Å². The van der Waals surface area contributed by atoms with Gasteiger partial charge in [-0.3, -0.25) is 9.35 Å². The first-order valence-corrected chi connectivity index (χ1v) is 11.6. The van der Waals surface area contributed by atoms with Gasteiger partial charge in [-0.2, -0.15) is 8.42 Å². The summed E-state index contributed by atoms with van der Waals surface area (Å²) in [6.07, 6.45) is 3.39. The van der Waals surface area contributed by atoms with E-state index in [0.29, 0.717) is 17.7 Å². The van der Waals surface area contributed by atoms with Gasteiger partial charge in [-0.05, 0) is 36.3 Å². The highest BCUT2D eigenvalue weighted by Crippen LogP contribution is 2.64. The molecule has 2 fully saturated rings. The van der Waals surface area contributed by atoms with Gasteiger partial charge in [0.2, 0.25) is 0 Å². The SMILES string of the molecule is CC1(C)[C@@H]2CC[C@@]1(CS(=O)(=O)O)C(=O)C2.C[S@](=N)(=O)c1ccccc1. The Morgan fingerprint density at radius 1 is 1.20 bits per heavy atom. The second-order valence-corrected chi connectivity index (χ2v) is 11.2. The Bertz CT molecular complexity index is 860. The lowest BCUT2D eigenvalue weighted by molar-refractivity contribution is -0.128. The van der Waals surface area contributed by atoms with Gasteiger partial charge in [0.25, 0.3) is 10.1 Å². The van der Waals surface area contributed by atoms with Gasteiger partial charge in [0.1, 0.15) is 5.78 Å². The first kappa shape index (κ1) is 20.1. The number of carbonyl (C=O) groups is 1. The summed E-state index contributed by atoms with van der Waals surface area (Å²) in [6.45, 7) is 3.89. The summed E-state index contributed by atoms with van der Waals surface area (Å²) in [6, 6.07) is 8.82. The van der Waals surface area contributed by atoms with Crippen molar-refractivity contribution in [2.75, 3.05) is 12.0 Å². The number of hydrogen-bond donors (Lipinski definition) is 2. The topological polar surface area (TPSA) is 112 Å². The Hall–Kier alpha value is -1.25. The van der Waals surface area contributed by atoms with Crippen LogP contribution in [0.1, 0.15) is 33.1 Å². The summed E-state index contributed by atoms with van der Waals surface area (Å²) >= 11 is 0. The van der Waals surface area contributed by atoms with Crippen LogP contribution in [0.3, 0.4) is 0 Å². The number of benzene rings is 1. The molecule has 25 heavy (non-hydrogen) atoms. The quantitative estimate of drug-likeness (QED) is 0.774. The van der Waals surface area contributed by atoms with Gasteiger partial charge >= 0.3 is 0 Å². The van der Waals surface area contributed by atoms with Crippen LogP contribution in [0.4, 0.5) is 0 Å². The van der Waals surface area contributed by atoms with Gasteiger partial charge in [0.05, 0.1) is 20.9 Å². The van der Waals surface area contributed by atoms with Gasteiger partial charge < -0.3 is 0 Å². The maximum absolute atomic E-state index is 11.9. The molecule has 6 nitrogen and oxygen atoms in total. The van der Waals surface area contributed by atoms with E-state index in [1.165, 1.54) is 6.26 Å². The van der Waals surface area contributed by atoms with E-state index < -0.39 is 31.0 Å². The molecule has 2 bridgehead atoms. The van der Waals surface area contributed by atoms with Crippen LogP contribution >= 0.6 is 0 Å². The summed E-state index contributed by atoms with van der Waals surface area (Å²) in [5.74, 6) is -0.101. The Labute approximate surface area is 149 Å². The number of ketones is 1. The van der Waals surface area contributed by atoms with E-state index in [1.54, 1.807) is 24.3 Å². The number of fused-ring (bicyclic) bond motifs is 2. The molecular weight excluding hydrogens is 362 g/mol. The number of carbonyl (C=O) groups excluding carboxylic acids is 1. The van der Waals surface area contributed by atoms with Gasteiger partial charge in [0, 0.05) is 17.6 Å². The average molecular weight is 388 g/mol. The first-order valence-electron chi connectivity index (χ1n) is 8.07. The van der Waals surface area contributed by atoms with Crippen LogP contribution in [0.5, 0.6) is 0 Å². The van der Waals surface area contributed by atoms with Crippen molar-refractivity contribution in [3.8, 4) is 0 Å². The molecule has 3 rings (SSSR count). The standard InChI is InChI=1S/C10H16O4S.C7H9NOS/c1-9(2)7-3-4-10(9,8(11)5-7)6-15(12,13)14;1-10(8,9)7-5-3-2-4-6-7/h7H,3-6H2,1-2H3,(H,12,13,14);2-6,8H,1H3/t7-,10-;10-/m10/s1. The smallest absolute Gasteiger partial charge is 0.265 e. The first-order chi connectivity index (χ1) is 11.3. The second kappa shape index (κ2) is 6.48. The molecule has 0 aromatic heterocycles. The molecule has 0 amide bonds. The van der Waals surface area contributed by atoms with E-state index >= 15 is 0 Å². The molecule has 2 saturated carbocycles. The third-order valence-electron chi connectivity index (χ3n) is 5.76. The summed E-state index contributed by atoms with van der Waals surface area (Å²) in [5, 5.41) is 0. The molecule has 2 aliphatic rings. The van der Waals surface area contributed by atoms with Crippen molar-refractivity contribution in [1.82, 2.24) is 0 Å². The van der Waals surface area contributed by atoms with Gasteiger partial charge in [-0.15, -0.1) is 0 Å². The molecule has 0 spiro atoms. The lowest BCUT2D eigenvalue weighted by atomic mass is 9.70. The second-order valence-electron chi connectivity index (χ2n) is 7.55. The molecule has 0 saturated heterocycles. The van der Waals surface area contributed by atoms with Crippen LogP contribution in [0.2, 0.25) is 0 Å². The molecule has 2 aliphatic carbocycles. The molecule has 140 valence electrons. The number of Topliss-reactive ketones (excluding diaryl/α,β-unsaturated/α-hetero) is 1. The molecule has 0 heterocycles. The minimum atomic E-state index is -4.08. The van der Waals surface area contributed by atoms with Crippen molar-refractivity contribution in [1.29, 1.82) is 4.78 Å². The number of nitrogens with one attached hydrogen (secondary N) is 1. The fourth-order valence-electron chi connectivity index (χ4n) is 4.10. The maximum atomic E-state index is 11.9. The normalized spacial score (nSPS) is 29.6. The van der Waals surface area contributed by atoms with E-state index in [0.717, 1.165) is 6.42 Å². The lowest BCUT2D eigenvalue weighted by Crippen LogP contribution is -2.42. The monoisotopic (exact) mass is 387 g/mol. The fourth-order valence-corrected chi connectivity index (χ4v) is 6.08. The van der Waals surface area contributed by atoms with Crippen molar-refractivity contribution in [3.05, 3.63) is 30.3 Å². The van der Waals surface area contributed by atoms with E-state index in [4.69, 9.17) is 9.33 Å². The Kier molecular flexibility index (Phi) is 5.20. The highest BCUT2D eigenvalue weighted by Gasteiger charge is 2.65. The van der Waals surface area contributed by atoms with Crippen LogP contribution in [0, 0.1) is 21.5 Å². The molecule has 1 aromatic carbocycles. The molecular formula is C17H25NO5S2. The largest absolute Gasteiger partial charge is 0.299 e. The van der Waals surface area contributed by atoms with E-state index in [-0.39, 0.29) is 17.1 Å². The minimum absolute atomic E-state index is 0.0152. The molecule has 0 aliphatic heterocycles. The summed E-state index contributed by atoms with van der Waals surface area (Å²) in [7, 11) is -6.58. The van der Waals surface area contributed by atoms with Gasteiger partial charge in [0.15, 0.2) is 0 Å². The van der Waals surface area contributed by atoms with Crippen LogP contribution in [0.15, 0.2) is 35.2 Å². The Balaban J connectivity index is 0.000000196. The zero-order chi connectivity index (χ0) is 19.1. The fraction of sp³-hybridized carbons (Fsp3) is 0.588. The van der Waals surface area contributed by atoms with Crippen LogP contribution in [-0.2, 0) is 24.6 Å². The van der Waals surface area contributed by atoms with Gasteiger partial charge in [-0.25, -0.2) is 8.99 Å². The van der Waals surface area contributed by atoms with E-state index in [1.807, 2.05) is 19.9 Å². The summed E-state index contributed by atoms with van der Waals surface area (Å²) in [5.41, 5.74) is -1.12. The van der Waals surface area contributed by atoms with Crippen molar-refractivity contribution < 1.29 is 22.0 Å². The molecule has 1 aromatic rings. The third kappa shape index (κ3) is 3.96. The highest BCUT2D eigenvalue weighted by atomic mass is 32.2. The van der Waals surface area contributed by atoms with E-state index in [9.17, 15) is 17.4 Å². The van der Waals surface area contributed by atoms with Gasteiger partial charge in [-0.1, -0.05) is 32.0 Å². The van der Waals surface area contributed by atoms with Crippen molar-refractivity contribution in [2.45, 2.75) is 38.0 Å². The van der Waals surface area contributed by atoms with Crippen molar-refractivity contribution in [2.24, 2.45) is 16.7 Å². The highest BCUT2D eigenvalue weighted by molar-refractivity contribution is 7.91. The summed E-state index contributed by atoms with van der Waals surface area (Å²) in [4.78, 5) is 12.5. The molecule has 0 radical (unpaired) electrons. The van der Waals surface area contributed by atoms with Crippen molar-refractivity contribution >= 4 is 25.6 Å². The van der Waals surface area contributed by atoms with Crippen LogP contribution in [0.25, 0.3) is 0 Å². The lowest BCUT2D eigenvalue weighted by Gasteiger charge is -2.35. The Morgan fingerprint density at radius 3 is 2.08 bits per heavy atom. The average Bonchev–Trinajstić information content (AvgIpc) is 2.80. The minimum Gasteiger partial charge on any atom is -0.299 e. The van der Waals surface area contributed by atoms with Crippen LogP contribution < -0.4 is 0 Å².